The first-order valence-electron chi connectivity index (χ1n) is 10.4. The first-order chi connectivity index (χ1) is 15.2. The average molecular weight is 418 g/mol. The van der Waals surface area contributed by atoms with E-state index in [9.17, 15) is 5.26 Å². The third-order valence-corrected chi connectivity index (χ3v) is 5.35. The Morgan fingerprint density at radius 2 is 1.87 bits per heavy atom. The highest BCUT2D eigenvalue weighted by Crippen LogP contribution is 2.25. The lowest BCUT2D eigenvalue weighted by atomic mass is 10.0. The highest BCUT2D eigenvalue weighted by atomic mass is 16.5. The summed E-state index contributed by atoms with van der Waals surface area (Å²) in [6.07, 6.45) is 0. The number of nitriles is 1. The quantitative estimate of drug-likeness (QED) is 0.594. The molecule has 1 aliphatic rings. The summed E-state index contributed by atoms with van der Waals surface area (Å²) < 4.78 is 17.2. The number of hydrogen-bond acceptors (Lipinski definition) is 7. The van der Waals surface area contributed by atoms with Gasteiger partial charge in [0.2, 0.25) is 17.5 Å². The molecule has 160 valence electrons. The summed E-state index contributed by atoms with van der Waals surface area (Å²) in [7, 11) is 0. The lowest BCUT2D eigenvalue weighted by molar-refractivity contribution is 0.0186. The summed E-state index contributed by atoms with van der Waals surface area (Å²) in [5, 5.41) is 12.8. The van der Waals surface area contributed by atoms with Crippen LogP contribution in [-0.2, 0) is 11.3 Å². The van der Waals surface area contributed by atoms with Crippen molar-refractivity contribution in [3.63, 3.8) is 0 Å². The van der Waals surface area contributed by atoms with Crippen LogP contribution in [0.1, 0.15) is 28.8 Å². The number of oxazole rings is 1. The van der Waals surface area contributed by atoms with Gasteiger partial charge in [0, 0.05) is 19.6 Å². The molecule has 1 atom stereocenters. The minimum atomic E-state index is 0.133. The van der Waals surface area contributed by atoms with E-state index in [1.54, 1.807) is 0 Å². The van der Waals surface area contributed by atoms with Gasteiger partial charge >= 0.3 is 0 Å². The van der Waals surface area contributed by atoms with Gasteiger partial charge in [0.25, 0.3) is 0 Å². The van der Waals surface area contributed by atoms with Crippen molar-refractivity contribution in [2.75, 3.05) is 38.2 Å². The molecule has 7 heteroatoms. The molecule has 2 aromatic carbocycles. The highest BCUT2D eigenvalue weighted by Gasteiger charge is 2.24. The SMILES string of the molecule is Cc1ccccc1OCc1nc(C#N)c(NCC(c2ccccc2)N2CCOCC2)o1. The molecule has 0 radical (unpaired) electrons. The average Bonchev–Trinajstić information content (AvgIpc) is 3.22. The van der Waals surface area contributed by atoms with Gasteiger partial charge in [-0.05, 0) is 24.1 Å². The van der Waals surface area contributed by atoms with Gasteiger partial charge in [-0.15, -0.1) is 0 Å². The van der Waals surface area contributed by atoms with Crippen molar-refractivity contribution in [1.82, 2.24) is 9.88 Å². The largest absolute Gasteiger partial charge is 0.484 e. The molecule has 3 aromatic rings. The van der Waals surface area contributed by atoms with Gasteiger partial charge in [-0.25, -0.2) is 0 Å². The van der Waals surface area contributed by atoms with Crippen LogP contribution in [0.15, 0.2) is 59.0 Å². The topological polar surface area (TPSA) is 83.5 Å². The lowest BCUT2D eigenvalue weighted by Crippen LogP contribution is -2.41. The van der Waals surface area contributed by atoms with Crippen LogP contribution in [0.5, 0.6) is 5.75 Å². The Hall–Kier alpha value is -3.34. The maximum atomic E-state index is 9.51. The second-order valence-corrected chi connectivity index (χ2v) is 7.41. The van der Waals surface area contributed by atoms with Gasteiger partial charge < -0.3 is 19.2 Å². The van der Waals surface area contributed by atoms with Crippen molar-refractivity contribution in [1.29, 1.82) is 5.26 Å². The number of benzene rings is 2. The number of anilines is 1. The third-order valence-electron chi connectivity index (χ3n) is 5.35. The standard InChI is InChI=1S/C24H26N4O3/c1-18-7-5-6-10-22(18)30-17-23-27-20(15-25)24(31-23)26-16-21(19-8-3-2-4-9-19)28-11-13-29-14-12-28/h2-10,21,26H,11-14,16-17H2,1H3. The molecule has 1 aliphatic heterocycles. The molecule has 0 bridgehead atoms. The van der Waals surface area contributed by atoms with Gasteiger partial charge in [-0.2, -0.15) is 10.2 Å². The predicted octanol–water partition coefficient (Wildman–Crippen LogP) is 3.92. The van der Waals surface area contributed by atoms with E-state index >= 15 is 0 Å². The Morgan fingerprint density at radius 1 is 1.13 bits per heavy atom. The maximum absolute atomic E-state index is 9.51. The summed E-state index contributed by atoms with van der Waals surface area (Å²) in [6, 6.07) is 20.3. The van der Waals surface area contributed by atoms with Crippen LogP contribution in [-0.4, -0.2) is 42.7 Å². The van der Waals surface area contributed by atoms with Crippen LogP contribution >= 0.6 is 0 Å². The Labute approximate surface area is 182 Å². The van der Waals surface area contributed by atoms with Crippen LogP contribution in [0, 0.1) is 18.3 Å². The molecule has 0 aliphatic carbocycles. The first kappa shape index (κ1) is 20.9. The van der Waals surface area contributed by atoms with Crippen molar-refractivity contribution in [2.24, 2.45) is 0 Å². The Bertz CT molecular complexity index is 1020. The van der Waals surface area contributed by atoms with Crippen LogP contribution < -0.4 is 10.1 Å². The van der Waals surface area contributed by atoms with Gasteiger partial charge in [-0.1, -0.05) is 48.5 Å². The summed E-state index contributed by atoms with van der Waals surface area (Å²) in [5.41, 5.74) is 2.47. The molecule has 1 unspecified atom stereocenters. The Morgan fingerprint density at radius 3 is 2.61 bits per heavy atom. The minimum Gasteiger partial charge on any atom is -0.484 e. The molecule has 0 saturated carbocycles. The molecule has 1 aromatic heterocycles. The molecule has 1 saturated heterocycles. The number of ether oxygens (including phenoxy) is 2. The first-order valence-corrected chi connectivity index (χ1v) is 10.4. The zero-order valence-electron chi connectivity index (χ0n) is 17.6. The fourth-order valence-electron chi connectivity index (χ4n) is 3.69. The van der Waals surface area contributed by atoms with Crippen molar-refractivity contribution >= 4 is 5.88 Å². The summed E-state index contributed by atoms with van der Waals surface area (Å²) in [5.74, 6) is 1.51. The molecule has 31 heavy (non-hydrogen) atoms. The summed E-state index contributed by atoms with van der Waals surface area (Å²) in [6.45, 7) is 5.88. The van der Waals surface area contributed by atoms with E-state index < -0.39 is 0 Å². The van der Waals surface area contributed by atoms with Crippen LogP contribution in [0.4, 0.5) is 5.88 Å². The number of aryl methyl sites for hydroxylation is 1. The maximum Gasteiger partial charge on any atom is 0.236 e. The van der Waals surface area contributed by atoms with Gasteiger partial charge in [-0.3, -0.25) is 4.90 Å². The second kappa shape index (κ2) is 10.1. The van der Waals surface area contributed by atoms with Gasteiger partial charge in [0.1, 0.15) is 11.8 Å². The molecule has 7 nitrogen and oxygen atoms in total. The second-order valence-electron chi connectivity index (χ2n) is 7.41. The molecule has 0 spiro atoms. The summed E-state index contributed by atoms with van der Waals surface area (Å²) >= 11 is 0. The van der Waals surface area contributed by atoms with Gasteiger partial charge in [0.15, 0.2) is 6.61 Å². The Balaban J connectivity index is 1.46. The van der Waals surface area contributed by atoms with Crippen molar-refractivity contribution in [3.05, 3.63) is 77.3 Å². The van der Waals surface area contributed by atoms with E-state index in [0.717, 1.165) is 37.6 Å². The van der Waals surface area contributed by atoms with E-state index in [1.807, 2.05) is 49.4 Å². The number of aromatic nitrogens is 1. The third kappa shape index (κ3) is 5.23. The molecule has 1 N–H and O–H groups in total. The van der Waals surface area contributed by atoms with Gasteiger partial charge in [0.05, 0.1) is 19.3 Å². The van der Waals surface area contributed by atoms with Crippen LogP contribution in [0.3, 0.4) is 0 Å². The van der Waals surface area contributed by atoms with E-state index in [-0.39, 0.29) is 18.3 Å². The fraction of sp³-hybridized carbons (Fsp3) is 0.333. The zero-order valence-corrected chi connectivity index (χ0v) is 17.6. The van der Waals surface area contributed by atoms with Crippen molar-refractivity contribution in [3.8, 4) is 11.8 Å². The molecular weight excluding hydrogens is 392 g/mol. The van der Waals surface area contributed by atoms with E-state index in [1.165, 1.54) is 5.56 Å². The van der Waals surface area contributed by atoms with E-state index in [0.29, 0.717) is 18.3 Å². The number of rotatable bonds is 8. The highest BCUT2D eigenvalue weighted by molar-refractivity contribution is 5.45. The smallest absolute Gasteiger partial charge is 0.236 e. The number of nitrogens with zero attached hydrogens (tertiary/aromatic N) is 3. The Kier molecular flexibility index (Phi) is 6.82. The lowest BCUT2D eigenvalue weighted by Gasteiger charge is -2.34. The normalized spacial score (nSPS) is 15.2. The van der Waals surface area contributed by atoms with Crippen molar-refractivity contribution < 1.29 is 13.9 Å². The monoisotopic (exact) mass is 418 g/mol. The van der Waals surface area contributed by atoms with E-state index in [4.69, 9.17) is 13.9 Å². The summed E-state index contributed by atoms with van der Waals surface area (Å²) in [4.78, 5) is 6.67. The molecular formula is C24H26N4O3. The molecule has 0 amide bonds. The fourth-order valence-corrected chi connectivity index (χ4v) is 3.69. The molecule has 4 rings (SSSR count). The molecule has 2 heterocycles. The predicted molar refractivity (Wildman–Crippen MR) is 117 cm³/mol. The van der Waals surface area contributed by atoms with Crippen molar-refractivity contribution in [2.45, 2.75) is 19.6 Å². The van der Waals surface area contributed by atoms with Crippen LogP contribution in [0.25, 0.3) is 0 Å². The molecule has 1 fully saturated rings. The minimum absolute atomic E-state index is 0.133. The number of nitrogens with one attached hydrogen (secondary N) is 1. The number of para-hydroxylation sites is 1. The zero-order chi connectivity index (χ0) is 21.5. The van der Waals surface area contributed by atoms with E-state index in [2.05, 4.69) is 33.4 Å². The number of hydrogen-bond donors (Lipinski definition) is 1. The van der Waals surface area contributed by atoms with Crippen LogP contribution in [0.2, 0.25) is 0 Å². The number of morpholine rings is 1.